The van der Waals surface area contributed by atoms with Crippen LogP contribution in [-0.2, 0) is 6.54 Å². The van der Waals surface area contributed by atoms with Crippen LogP contribution in [-0.4, -0.2) is 34.1 Å². The van der Waals surface area contributed by atoms with Crippen molar-refractivity contribution >= 4 is 5.91 Å². The summed E-state index contributed by atoms with van der Waals surface area (Å²) in [4.78, 5) is 12.0. The minimum absolute atomic E-state index is 0.219. The molecule has 1 aromatic carbocycles. The van der Waals surface area contributed by atoms with Crippen LogP contribution in [0.1, 0.15) is 28.9 Å². The molecule has 1 fully saturated rings. The number of rotatable bonds is 5. The Balaban J connectivity index is 1.81. The minimum atomic E-state index is -0.219. The van der Waals surface area contributed by atoms with Crippen molar-refractivity contribution in [3.63, 3.8) is 0 Å². The third-order valence-electron chi connectivity index (χ3n) is 3.19. The Morgan fingerprint density at radius 2 is 2.15 bits per heavy atom. The Morgan fingerprint density at radius 3 is 2.80 bits per heavy atom. The summed E-state index contributed by atoms with van der Waals surface area (Å²) in [6, 6.07) is 10.1. The largest absolute Gasteiger partial charge is 0.479 e. The number of hydrogen-bond donors (Lipinski definition) is 1. The van der Waals surface area contributed by atoms with Crippen molar-refractivity contribution in [3.8, 4) is 5.88 Å². The molecule has 20 heavy (non-hydrogen) atoms. The number of methoxy groups -OCH3 is 1. The Hall–Kier alpha value is -2.37. The first-order valence-electron chi connectivity index (χ1n) is 6.60. The van der Waals surface area contributed by atoms with Crippen LogP contribution in [0.25, 0.3) is 0 Å². The van der Waals surface area contributed by atoms with Crippen LogP contribution in [0.15, 0.2) is 30.3 Å². The summed E-state index contributed by atoms with van der Waals surface area (Å²) in [6.45, 7) is 0.522. The highest BCUT2D eigenvalue weighted by Crippen LogP contribution is 2.21. The van der Waals surface area contributed by atoms with Gasteiger partial charge in [0, 0.05) is 6.04 Å². The van der Waals surface area contributed by atoms with Crippen LogP contribution < -0.4 is 10.1 Å². The average Bonchev–Trinajstić information content (AvgIpc) is 3.18. The molecule has 2 aromatic rings. The fraction of sp³-hybridized carbons (Fsp3) is 0.357. The van der Waals surface area contributed by atoms with Gasteiger partial charge in [-0.25, -0.2) is 4.68 Å². The summed E-state index contributed by atoms with van der Waals surface area (Å²) < 4.78 is 6.88. The molecule has 0 spiro atoms. The summed E-state index contributed by atoms with van der Waals surface area (Å²) in [6.07, 6.45) is 2.07. The third-order valence-corrected chi connectivity index (χ3v) is 3.19. The zero-order valence-electron chi connectivity index (χ0n) is 11.2. The van der Waals surface area contributed by atoms with Crippen molar-refractivity contribution in [3.05, 3.63) is 41.6 Å². The number of nitrogens with one attached hydrogen (secondary N) is 1. The van der Waals surface area contributed by atoms with Gasteiger partial charge < -0.3 is 10.1 Å². The molecule has 0 unspecified atom stereocenters. The lowest BCUT2D eigenvalue weighted by Gasteiger charge is -2.06. The number of nitrogens with zero attached hydrogens (tertiary/aromatic N) is 3. The zero-order valence-corrected chi connectivity index (χ0v) is 11.2. The van der Waals surface area contributed by atoms with E-state index in [1.54, 1.807) is 4.68 Å². The van der Waals surface area contributed by atoms with E-state index < -0.39 is 0 Å². The smallest absolute Gasteiger partial charge is 0.277 e. The molecule has 6 heteroatoms. The van der Waals surface area contributed by atoms with E-state index in [2.05, 4.69) is 15.6 Å². The second-order valence-electron chi connectivity index (χ2n) is 4.84. The van der Waals surface area contributed by atoms with Crippen molar-refractivity contribution in [2.75, 3.05) is 7.11 Å². The first-order valence-corrected chi connectivity index (χ1v) is 6.60. The van der Waals surface area contributed by atoms with Gasteiger partial charge in [-0.1, -0.05) is 35.5 Å². The van der Waals surface area contributed by atoms with Gasteiger partial charge in [-0.05, 0) is 18.4 Å². The quantitative estimate of drug-likeness (QED) is 0.888. The molecule has 1 aliphatic rings. The summed E-state index contributed by atoms with van der Waals surface area (Å²) in [5.41, 5.74) is 1.32. The highest BCUT2D eigenvalue weighted by atomic mass is 16.5. The molecule has 6 nitrogen and oxygen atoms in total. The molecule has 1 saturated carbocycles. The number of carbonyl (C=O) groups excluding carboxylic acids is 1. The van der Waals surface area contributed by atoms with Crippen LogP contribution in [0.2, 0.25) is 0 Å². The average molecular weight is 272 g/mol. The second-order valence-corrected chi connectivity index (χ2v) is 4.84. The minimum Gasteiger partial charge on any atom is -0.479 e. The van der Waals surface area contributed by atoms with Gasteiger partial charge in [0.25, 0.3) is 5.91 Å². The van der Waals surface area contributed by atoms with Gasteiger partial charge in [-0.15, -0.1) is 5.10 Å². The molecule has 104 valence electrons. The molecule has 0 saturated heterocycles. The normalized spacial score (nSPS) is 14.1. The van der Waals surface area contributed by atoms with Gasteiger partial charge in [0.15, 0.2) is 0 Å². The molecule has 0 radical (unpaired) electrons. The van der Waals surface area contributed by atoms with E-state index in [0.29, 0.717) is 12.4 Å². The summed E-state index contributed by atoms with van der Waals surface area (Å²) in [5, 5.41) is 10.8. The van der Waals surface area contributed by atoms with Crippen molar-refractivity contribution in [1.29, 1.82) is 0 Å². The highest BCUT2D eigenvalue weighted by Gasteiger charge is 2.28. The Kier molecular flexibility index (Phi) is 3.37. The third kappa shape index (κ3) is 2.64. The predicted molar refractivity (Wildman–Crippen MR) is 72.6 cm³/mol. The molecular weight excluding hydrogens is 256 g/mol. The molecule has 0 bridgehead atoms. The van der Waals surface area contributed by atoms with E-state index in [9.17, 15) is 4.79 Å². The van der Waals surface area contributed by atoms with Crippen molar-refractivity contribution in [2.45, 2.75) is 25.4 Å². The molecule has 1 amide bonds. The Bertz CT molecular complexity index is 605. The van der Waals surface area contributed by atoms with E-state index in [-0.39, 0.29) is 17.6 Å². The number of ether oxygens (including phenoxy) is 1. The van der Waals surface area contributed by atoms with E-state index in [4.69, 9.17) is 4.74 Å². The van der Waals surface area contributed by atoms with E-state index >= 15 is 0 Å². The van der Waals surface area contributed by atoms with Gasteiger partial charge in [-0.3, -0.25) is 4.79 Å². The first-order chi connectivity index (χ1) is 9.78. The second kappa shape index (κ2) is 5.32. The fourth-order valence-corrected chi connectivity index (χ4v) is 1.99. The first kappa shape index (κ1) is 12.7. The van der Waals surface area contributed by atoms with Crippen LogP contribution >= 0.6 is 0 Å². The topological polar surface area (TPSA) is 69.0 Å². The zero-order chi connectivity index (χ0) is 13.9. The maximum Gasteiger partial charge on any atom is 0.277 e. The fourth-order valence-electron chi connectivity index (χ4n) is 1.99. The summed E-state index contributed by atoms with van der Waals surface area (Å²) in [7, 11) is 1.52. The van der Waals surface area contributed by atoms with E-state index in [0.717, 1.165) is 18.4 Å². The molecular formula is C14H16N4O2. The summed E-state index contributed by atoms with van der Waals surface area (Å²) in [5.74, 6) is 0.177. The molecule has 1 N–H and O–H groups in total. The number of amides is 1. The highest BCUT2D eigenvalue weighted by molar-refractivity contribution is 5.94. The Morgan fingerprint density at radius 1 is 1.40 bits per heavy atom. The van der Waals surface area contributed by atoms with Gasteiger partial charge in [0.05, 0.1) is 13.7 Å². The lowest BCUT2D eigenvalue weighted by molar-refractivity contribution is 0.0942. The summed E-state index contributed by atoms with van der Waals surface area (Å²) >= 11 is 0. The van der Waals surface area contributed by atoms with Crippen LogP contribution in [0.4, 0.5) is 0 Å². The van der Waals surface area contributed by atoms with Crippen molar-refractivity contribution < 1.29 is 9.53 Å². The molecule has 0 aliphatic heterocycles. The van der Waals surface area contributed by atoms with E-state index in [1.807, 2.05) is 30.3 Å². The van der Waals surface area contributed by atoms with Crippen molar-refractivity contribution in [2.24, 2.45) is 0 Å². The van der Waals surface area contributed by atoms with Gasteiger partial charge in [0.2, 0.25) is 11.6 Å². The number of hydrogen-bond acceptors (Lipinski definition) is 4. The monoisotopic (exact) mass is 272 g/mol. The number of carbonyl (C=O) groups is 1. The lowest BCUT2D eigenvalue weighted by atomic mass is 10.2. The molecule has 1 aliphatic carbocycles. The van der Waals surface area contributed by atoms with Crippen LogP contribution in [0.5, 0.6) is 5.88 Å². The lowest BCUT2D eigenvalue weighted by Crippen LogP contribution is -2.26. The number of benzene rings is 1. The predicted octanol–water partition coefficient (Wildman–Crippen LogP) is 1.23. The Labute approximate surface area is 116 Å². The van der Waals surface area contributed by atoms with Gasteiger partial charge in [-0.2, -0.15) is 0 Å². The molecule has 1 aromatic heterocycles. The van der Waals surface area contributed by atoms with Crippen molar-refractivity contribution in [1.82, 2.24) is 20.3 Å². The molecule has 3 rings (SSSR count). The van der Waals surface area contributed by atoms with Gasteiger partial charge >= 0.3 is 0 Å². The molecule has 0 atom stereocenters. The maximum absolute atomic E-state index is 12.0. The SMILES string of the molecule is COc1c(C(=O)NC2CC2)nnn1Cc1ccccc1. The van der Waals surface area contributed by atoms with Crippen LogP contribution in [0.3, 0.4) is 0 Å². The van der Waals surface area contributed by atoms with E-state index in [1.165, 1.54) is 7.11 Å². The molecule has 1 heterocycles. The maximum atomic E-state index is 12.0. The van der Waals surface area contributed by atoms with Crippen LogP contribution in [0, 0.1) is 0 Å². The standard InChI is InChI=1S/C14H16N4O2/c1-20-14-12(13(19)15-11-7-8-11)16-17-18(14)9-10-5-3-2-4-6-10/h2-6,11H,7-9H2,1H3,(H,15,19). The van der Waals surface area contributed by atoms with Gasteiger partial charge in [0.1, 0.15) is 0 Å². The number of aromatic nitrogens is 3.